The van der Waals surface area contributed by atoms with E-state index < -0.39 is 23.4 Å². The fourth-order valence-corrected chi connectivity index (χ4v) is 1.12. The van der Waals surface area contributed by atoms with Gasteiger partial charge in [0.1, 0.15) is 0 Å². The zero-order valence-corrected chi connectivity index (χ0v) is 8.11. The summed E-state index contributed by atoms with van der Waals surface area (Å²) in [6, 6.07) is 0. The number of esters is 1. The predicted molar refractivity (Wildman–Crippen MR) is 52.2 cm³/mol. The van der Waals surface area contributed by atoms with Gasteiger partial charge in [-0.25, -0.2) is 0 Å². The van der Waals surface area contributed by atoms with Gasteiger partial charge < -0.3 is 10.5 Å². The first kappa shape index (κ1) is 6.27. The molecule has 0 saturated heterocycles. The average Bonchev–Trinajstić information content (AvgIpc) is 1.99. The molecule has 1 unspecified atom stereocenters. The molecule has 0 aliphatic rings. The molecule has 0 saturated carbocycles. The molecule has 0 spiro atoms. The minimum absolute atomic E-state index is 0.0358. The largest absolute Gasteiger partial charge is 0.466 e. The molecule has 4 heteroatoms. The zero-order chi connectivity index (χ0) is 13.0. The predicted octanol–water partition coefficient (Wildman–Crippen LogP) is 1.02. The summed E-state index contributed by atoms with van der Waals surface area (Å²) in [7, 11) is 0. The van der Waals surface area contributed by atoms with E-state index in [1.54, 1.807) is 13.8 Å². The zero-order valence-electron chi connectivity index (χ0n) is 11.3. The number of carbonyl (C=O) groups excluding carboxylic acids is 1. The van der Waals surface area contributed by atoms with Crippen molar-refractivity contribution in [3.05, 3.63) is 0 Å². The minimum Gasteiger partial charge on any atom is -0.466 e. The molecule has 1 atom stereocenters. The average molecular weight is 195 g/mol. The van der Waals surface area contributed by atoms with Gasteiger partial charge in [-0.2, -0.15) is 11.8 Å². The molecule has 0 aromatic rings. The lowest BCUT2D eigenvalue weighted by molar-refractivity contribution is -0.142. The van der Waals surface area contributed by atoms with Crippen molar-refractivity contribution in [2.45, 2.75) is 25.5 Å². The van der Waals surface area contributed by atoms with Crippen molar-refractivity contribution in [3.63, 3.8) is 0 Å². The van der Waals surface area contributed by atoms with E-state index in [2.05, 4.69) is 0 Å². The molecular weight excluding hydrogens is 174 g/mol. The van der Waals surface area contributed by atoms with Crippen LogP contribution in [0.5, 0.6) is 0 Å². The number of ether oxygens (including phenoxy) is 1. The topological polar surface area (TPSA) is 52.3 Å². The van der Waals surface area contributed by atoms with Crippen LogP contribution in [0.4, 0.5) is 0 Å². The van der Waals surface area contributed by atoms with Crippen LogP contribution in [0, 0.1) is 0 Å². The van der Waals surface area contributed by atoms with Gasteiger partial charge in [0, 0.05) is 22.9 Å². The molecule has 0 fully saturated rings. The van der Waals surface area contributed by atoms with Crippen LogP contribution in [0.2, 0.25) is 0 Å². The molecule has 2 N–H and O–H groups in total. The molecule has 72 valence electrons. The molecule has 0 amide bonds. The Bertz CT molecular complexity index is 245. The number of hydrogen-bond donors (Lipinski definition) is 1. The summed E-state index contributed by atoms with van der Waals surface area (Å²) in [6.45, 7) is 1.15. The van der Waals surface area contributed by atoms with Crippen molar-refractivity contribution in [1.82, 2.24) is 0 Å². The van der Waals surface area contributed by atoms with Gasteiger partial charge in [-0.05, 0) is 6.92 Å². The fraction of sp³-hybridized carbons (Fsp3) is 0.875. The highest BCUT2D eigenvalue weighted by Gasteiger charge is 2.08. The van der Waals surface area contributed by atoms with Crippen molar-refractivity contribution in [2.75, 3.05) is 18.8 Å². The van der Waals surface area contributed by atoms with E-state index in [1.807, 2.05) is 0 Å². The molecule has 0 aromatic heterocycles. The van der Waals surface area contributed by atoms with Crippen LogP contribution in [0.1, 0.15) is 25.8 Å². The quantitative estimate of drug-likeness (QED) is 0.643. The highest BCUT2D eigenvalue weighted by atomic mass is 32.2. The summed E-state index contributed by atoms with van der Waals surface area (Å²) in [5.41, 5.74) is 2.84. The fourth-order valence-electron chi connectivity index (χ4n) is 0.631. The number of thioether (sulfide) groups is 1. The molecule has 3 nitrogen and oxygen atoms in total. The van der Waals surface area contributed by atoms with Crippen molar-refractivity contribution >= 4 is 17.7 Å². The van der Waals surface area contributed by atoms with Crippen molar-refractivity contribution in [3.8, 4) is 0 Å². The lowest BCUT2D eigenvalue weighted by Gasteiger charge is -2.08. The van der Waals surface area contributed by atoms with E-state index in [0.717, 1.165) is 0 Å². The molecule has 0 bridgehead atoms. The van der Waals surface area contributed by atoms with Gasteiger partial charge >= 0.3 is 5.97 Å². The summed E-state index contributed by atoms with van der Waals surface area (Å²) in [5.74, 6) is -0.420. The Balaban J connectivity index is 4.24. The van der Waals surface area contributed by atoms with Gasteiger partial charge in [0.2, 0.25) is 0 Å². The Morgan fingerprint density at radius 1 is 1.83 bits per heavy atom. The Hall–Kier alpha value is -0.220. The van der Waals surface area contributed by atoms with Crippen LogP contribution in [-0.4, -0.2) is 30.0 Å². The van der Waals surface area contributed by atoms with Gasteiger partial charge in [-0.1, -0.05) is 6.92 Å². The van der Waals surface area contributed by atoms with Gasteiger partial charge in [0.25, 0.3) is 0 Å². The maximum absolute atomic E-state index is 11.1. The lowest BCUT2D eigenvalue weighted by Crippen LogP contribution is -2.12. The summed E-state index contributed by atoms with van der Waals surface area (Å²) < 4.78 is 33.8. The second kappa shape index (κ2) is 7.43. The van der Waals surface area contributed by atoms with Crippen molar-refractivity contribution in [1.29, 1.82) is 0 Å². The number of hydrogen-bond acceptors (Lipinski definition) is 4. The molecule has 0 rings (SSSR count). The van der Waals surface area contributed by atoms with Crippen LogP contribution in [0.15, 0.2) is 0 Å². The van der Waals surface area contributed by atoms with Gasteiger partial charge in [0.05, 0.1) is 13.0 Å². The molecule has 0 radical (unpaired) electrons. The second-order valence-electron chi connectivity index (χ2n) is 2.18. The van der Waals surface area contributed by atoms with Crippen LogP contribution < -0.4 is 5.73 Å². The maximum atomic E-state index is 11.1. The van der Waals surface area contributed by atoms with Gasteiger partial charge in [-0.3, -0.25) is 4.79 Å². The number of rotatable bonds is 6. The molecule has 0 aliphatic carbocycles. The lowest BCUT2D eigenvalue weighted by atomic mass is 10.3. The van der Waals surface area contributed by atoms with Gasteiger partial charge in [-0.15, -0.1) is 0 Å². The third kappa shape index (κ3) is 6.49. The van der Waals surface area contributed by atoms with Crippen molar-refractivity contribution < 1.29 is 15.0 Å². The van der Waals surface area contributed by atoms with Crippen LogP contribution in [0.25, 0.3) is 0 Å². The normalized spacial score (nSPS) is 19.9. The third-order valence-corrected chi connectivity index (χ3v) is 1.88. The monoisotopic (exact) mass is 195 g/mol. The first-order valence-corrected chi connectivity index (χ1v) is 4.60. The molecule has 0 aliphatic heterocycles. The van der Waals surface area contributed by atoms with E-state index in [-0.39, 0.29) is 13.0 Å². The smallest absolute Gasteiger partial charge is 0.306 e. The maximum Gasteiger partial charge on any atom is 0.306 e. The first-order valence-electron chi connectivity index (χ1n) is 5.72. The molecule has 12 heavy (non-hydrogen) atoms. The standard InChI is InChI=1S/C8H17NO2S/c1-3-11-8(10)6-7(2)12-5-4-9/h7H,3-6,9H2,1-2H3/i4D2,5D2. The summed E-state index contributed by atoms with van der Waals surface area (Å²) in [6.07, 6.45) is 0.0358. The summed E-state index contributed by atoms with van der Waals surface area (Å²) >= 11 is 0.695. The third-order valence-electron chi connectivity index (χ3n) is 1.08. The Morgan fingerprint density at radius 3 is 3.00 bits per heavy atom. The SMILES string of the molecule is [2H]C([2H])(N)C([2H])([2H])SC(C)CC(=O)OCC. The molecular formula is C8H17NO2S. The van der Waals surface area contributed by atoms with E-state index in [4.69, 9.17) is 16.0 Å². The molecule has 0 heterocycles. The Morgan fingerprint density at radius 2 is 2.50 bits per heavy atom. The first-order chi connectivity index (χ1) is 7.10. The Kier molecular flexibility index (Phi) is 3.88. The molecule has 0 aromatic carbocycles. The minimum atomic E-state index is -2.44. The Labute approximate surface area is 83.7 Å². The number of nitrogens with two attached hydrogens (primary N) is 1. The highest BCUT2D eigenvalue weighted by Crippen LogP contribution is 2.13. The van der Waals surface area contributed by atoms with Crippen LogP contribution >= 0.6 is 11.8 Å². The number of carbonyl (C=O) groups is 1. The summed E-state index contributed by atoms with van der Waals surface area (Å²) in [5, 5.41) is -0.396. The van der Waals surface area contributed by atoms with E-state index in [1.165, 1.54) is 0 Å². The summed E-state index contributed by atoms with van der Waals surface area (Å²) in [4.78, 5) is 11.1. The van der Waals surface area contributed by atoms with E-state index in [9.17, 15) is 4.79 Å². The highest BCUT2D eigenvalue weighted by molar-refractivity contribution is 7.99. The second-order valence-corrected chi connectivity index (χ2v) is 3.43. The van der Waals surface area contributed by atoms with Crippen LogP contribution in [-0.2, 0) is 9.53 Å². The van der Waals surface area contributed by atoms with Crippen molar-refractivity contribution in [2.24, 2.45) is 5.73 Å². The van der Waals surface area contributed by atoms with E-state index >= 15 is 0 Å². The van der Waals surface area contributed by atoms with E-state index in [0.29, 0.717) is 11.8 Å². The van der Waals surface area contributed by atoms with Gasteiger partial charge in [0.15, 0.2) is 0 Å². The van der Waals surface area contributed by atoms with Crippen LogP contribution in [0.3, 0.4) is 0 Å².